The topological polar surface area (TPSA) is 52.2 Å². The minimum atomic E-state index is -0.00568. The molecule has 7 heteroatoms. The van der Waals surface area contributed by atoms with Gasteiger partial charge in [0, 0.05) is 43.5 Å². The Morgan fingerprint density at radius 1 is 1.00 bits per heavy atom. The molecule has 4 aromatic rings. The molecule has 0 saturated carbocycles. The highest BCUT2D eigenvalue weighted by Crippen LogP contribution is 2.29. The maximum atomic E-state index is 11.3. The van der Waals surface area contributed by atoms with E-state index in [2.05, 4.69) is 63.3 Å². The summed E-state index contributed by atoms with van der Waals surface area (Å²) in [5.74, 6) is 1.15. The first-order valence-corrected chi connectivity index (χ1v) is 11.5. The monoisotopic (exact) mass is 422 g/mol. The van der Waals surface area contributed by atoms with Crippen molar-refractivity contribution in [3.63, 3.8) is 0 Å². The number of rotatable bonds is 5. The normalized spacial score (nSPS) is 15.2. The second kappa shape index (κ2) is 8.10. The number of nitrogens with one attached hydrogen (secondary N) is 1. The summed E-state index contributed by atoms with van der Waals surface area (Å²) in [6.07, 6.45) is 1.04. The van der Waals surface area contributed by atoms with E-state index in [9.17, 15) is 4.79 Å². The molecule has 1 aliphatic rings. The second-order valence-electron chi connectivity index (χ2n) is 7.34. The number of nitrogens with zero attached hydrogens (tertiary/aromatic N) is 3. The van der Waals surface area contributed by atoms with Crippen molar-refractivity contribution < 1.29 is 0 Å². The van der Waals surface area contributed by atoms with E-state index in [0.717, 1.165) is 56.2 Å². The van der Waals surface area contributed by atoms with Gasteiger partial charge in [-0.25, -0.2) is 0 Å². The zero-order chi connectivity index (χ0) is 19.6. The van der Waals surface area contributed by atoms with Gasteiger partial charge >= 0.3 is 4.87 Å². The lowest BCUT2D eigenvalue weighted by molar-refractivity contribution is 0.261. The minimum Gasteiger partial charge on any atom is -0.353 e. The summed E-state index contributed by atoms with van der Waals surface area (Å²) in [4.78, 5) is 19.1. The van der Waals surface area contributed by atoms with E-state index in [-0.39, 0.29) is 4.87 Å². The Balaban J connectivity index is 1.16. The molecule has 0 radical (unpaired) electrons. The molecule has 2 aromatic carbocycles. The van der Waals surface area contributed by atoms with Crippen molar-refractivity contribution in [3.05, 3.63) is 69.1 Å². The predicted molar refractivity (Wildman–Crippen MR) is 122 cm³/mol. The van der Waals surface area contributed by atoms with E-state index >= 15 is 0 Å². The summed E-state index contributed by atoms with van der Waals surface area (Å²) >= 11 is 2.80. The van der Waals surface area contributed by atoms with Crippen LogP contribution in [0.2, 0.25) is 0 Å². The van der Waals surface area contributed by atoms with Crippen LogP contribution in [-0.4, -0.2) is 47.0 Å². The van der Waals surface area contributed by atoms with Gasteiger partial charge in [0.15, 0.2) is 0 Å². The first-order valence-electron chi connectivity index (χ1n) is 9.85. The van der Waals surface area contributed by atoms with E-state index in [1.54, 1.807) is 11.5 Å². The van der Waals surface area contributed by atoms with Crippen LogP contribution in [0, 0.1) is 0 Å². The number of hydrogen-bond acceptors (Lipinski definition) is 6. The standard InChI is InChI=1S/C22H22N4OS2/c27-22-23-19(15-28-22)17-7-5-16(6-8-17)9-10-25-11-13-26(14-12-25)21-18-3-1-2-4-20(18)29-24-21/h1-8,15H,9-14H2,(H,23,27). The van der Waals surface area contributed by atoms with Crippen LogP contribution in [-0.2, 0) is 6.42 Å². The number of fused-ring (bicyclic) bond motifs is 1. The van der Waals surface area contributed by atoms with Gasteiger partial charge in [0.05, 0.1) is 10.4 Å². The highest BCUT2D eigenvalue weighted by molar-refractivity contribution is 7.13. The molecule has 0 bridgehead atoms. The summed E-state index contributed by atoms with van der Waals surface area (Å²) in [6, 6.07) is 17.0. The van der Waals surface area contributed by atoms with Gasteiger partial charge in [-0.1, -0.05) is 47.7 Å². The zero-order valence-electron chi connectivity index (χ0n) is 16.0. The minimum absolute atomic E-state index is 0.00568. The Labute approximate surface area is 177 Å². The Morgan fingerprint density at radius 3 is 2.55 bits per heavy atom. The van der Waals surface area contributed by atoms with Crippen LogP contribution >= 0.6 is 22.9 Å². The Kier molecular flexibility index (Phi) is 5.18. The van der Waals surface area contributed by atoms with E-state index in [1.807, 2.05) is 5.38 Å². The summed E-state index contributed by atoms with van der Waals surface area (Å²) < 4.78 is 5.96. The average Bonchev–Trinajstić information content (AvgIpc) is 3.39. The summed E-state index contributed by atoms with van der Waals surface area (Å²) in [6.45, 7) is 5.26. The number of piperazine rings is 1. The van der Waals surface area contributed by atoms with Gasteiger partial charge in [-0.05, 0) is 41.2 Å². The Hall–Kier alpha value is -2.48. The second-order valence-corrected chi connectivity index (χ2v) is 8.99. The van der Waals surface area contributed by atoms with E-state index in [0.29, 0.717) is 0 Å². The van der Waals surface area contributed by atoms with Gasteiger partial charge in [-0.15, -0.1) is 0 Å². The van der Waals surface area contributed by atoms with Gasteiger partial charge in [0.1, 0.15) is 5.82 Å². The van der Waals surface area contributed by atoms with Crippen molar-refractivity contribution >= 4 is 38.8 Å². The average molecular weight is 423 g/mol. The maximum absolute atomic E-state index is 11.3. The van der Waals surface area contributed by atoms with Crippen LogP contribution in [0.1, 0.15) is 5.56 Å². The zero-order valence-corrected chi connectivity index (χ0v) is 17.6. The molecule has 2 aromatic heterocycles. The van der Waals surface area contributed by atoms with Gasteiger partial charge in [-0.3, -0.25) is 9.69 Å². The maximum Gasteiger partial charge on any atom is 0.304 e. The van der Waals surface area contributed by atoms with Crippen molar-refractivity contribution in [1.29, 1.82) is 0 Å². The van der Waals surface area contributed by atoms with Crippen molar-refractivity contribution in [2.45, 2.75) is 6.42 Å². The molecule has 0 amide bonds. The van der Waals surface area contributed by atoms with Gasteiger partial charge in [-0.2, -0.15) is 4.37 Å². The quantitative estimate of drug-likeness (QED) is 0.527. The third-order valence-corrected chi connectivity index (χ3v) is 7.02. The highest BCUT2D eigenvalue weighted by Gasteiger charge is 2.20. The molecule has 1 aliphatic heterocycles. The number of H-pyrrole nitrogens is 1. The number of aromatic amines is 1. The summed E-state index contributed by atoms with van der Waals surface area (Å²) in [5, 5.41) is 3.15. The molecule has 1 N–H and O–H groups in total. The van der Waals surface area contributed by atoms with Crippen molar-refractivity contribution in [2.75, 3.05) is 37.6 Å². The number of benzene rings is 2. The SMILES string of the molecule is O=c1[nH]c(-c2ccc(CCN3CCN(c4nsc5ccccc45)CC3)cc2)cs1. The van der Waals surface area contributed by atoms with Gasteiger partial charge in [0.2, 0.25) is 0 Å². The number of hydrogen-bond donors (Lipinski definition) is 1. The molecule has 5 nitrogen and oxygen atoms in total. The van der Waals surface area contributed by atoms with Gasteiger partial charge in [0.25, 0.3) is 0 Å². The van der Waals surface area contributed by atoms with Crippen molar-refractivity contribution in [1.82, 2.24) is 14.3 Å². The largest absolute Gasteiger partial charge is 0.353 e. The molecular formula is C22H22N4OS2. The molecule has 0 unspecified atom stereocenters. The summed E-state index contributed by atoms with van der Waals surface area (Å²) in [7, 11) is 0. The van der Waals surface area contributed by atoms with Crippen LogP contribution in [0.25, 0.3) is 21.3 Å². The lowest BCUT2D eigenvalue weighted by Crippen LogP contribution is -2.47. The third kappa shape index (κ3) is 3.99. The van der Waals surface area contributed by atoms with Crippen molar-refractivity contribution in [3.8, 4) is 11.3 Å². The van der Waals surface area contributed by atoms with E-state index in [4.69, 9.17) is 4.37 Å². The van der Waals surface area contributed by atoms with Crippen molar-refractivity contribution in [2.24, 2.45) is 0 Å². The third-order valence-electron chi connectivity index (χ3n) is 5.53. The number of anilines is 1. The lowest BCUT2D eigenvalue weighted by Gasteiger charge is -2.35. The summed E-state index contributed by atoms with van der Waals surface area (Å²) in [5.41, 5.74) is 3.30. The van der Waals surface area contributed by atoms with Crippen LogP contribution < -0.4 is 9.77 Å². The fourth-order valence-electron chi connectivity index (χ4n) is 3.84. The highest BCUT2D eigenvalue weighted by atomic mass is 32.1. The molecule has 29 heavy (non-hydrogen) atoms. The molecule has 148 valence electrons. The fraction of sp³-hybridized carbons (Fsp3) is 0.273. The van der Waals surface area contributed by atoms with Crippen LogP contribution in [0.3, 0.4) is 0 Å². The fourth-order valence-corrected chi connectivity index (χ4v) is 5.23. The Bertz CT molecular complexity index is 1150. The first-order chi connectivity index (χ1) is 14.3. The lowest BCUT2D eigenvalue weighted by atomic mass is 10.1. The smallest absolute Gasteiger partial charge is 0.304 e. The molecule has 3 heterocycles. The first kappa shape index (κ1) is 18.5. The molecule has 0 atom stereocenters. The molecule has 0 spiro atoms. The Morgan fingerprint density at radius 2 is 1.79 bits per heavy atom. The molecule has 5 rings (SSSR count). The number of aromatic nitrogens is 2. The van der Waals surface area contributed by atoms with Crippen LogP contribution in [0.15, 0.2) is 58.7 Å². The molecular weight excluding hydrogens is 400 g/mol. The van der Waals surface area contributed by atoms with E-state index in [1.165, 1.54) is 27.0 Å². The molecule has 0 aliphatic carbocycles. The number of thiazole rings is 1. The predicted octanol–water partition coefficient (Wildman–Crippen LogP) is 4.08. The van der Waals surface area contributed by atoms with Gasteiger partial charge < -0.3 is 9.88 Å². The molecule has 1 saturated heterocycles. The van der Waals surface area contributed by atoms with E-state index < -0.39 is 0 Å². The van der Waals surface area contributed by atoms with Crippen LogP contribution in [0.5, 0.6) is 0 Å². The molecule has 1 fully saturated rings. The van der Waals surface area contributed by atoms with Crippen LogP contribution in [0.4, 0.5) is 5.82 Å².